The van der Waals surface area contributed by atoms with Crippen LogP contribution in [0.15, 0.2) is 18.6 Å². The van der Waals surface area contributed by atoms with Crippen LogP contribution >= 0.6 is 0 Å². The molecule has 0 aromatic carbocycles. The van der Waals surface area contributed by atoms with Gasteiger partial charge in [0.25, 0.3) is 6.43 Å². The van der Waals surface area contributed by atoms with Gasteiger partial charge in [0.15, 0.2) is 11.5 Å². The third-order valence-corrected chi connectivity index (χ3v) is 2.16. The molecule has 17 heavy (non-hydrogen) atoms. The van der Waals surface area contributed by atoms with E-state index >= 15 is 0 Å². The van der Waals surface area contributed by atoms with E-state index in [0.29, 0.717) is 5.65 Å². The normalized spacial score (nSPS) is 13.2. The summed E-state index contributed by atoms with van der Waals surface area (Å²) in [5, 5.41) is 11.6. The fourth-order valence-electron chi connectivity index (χ4n) is 1.36. The molecule has 0 saturated heterocycles. The van der Waals surface area contributed by atoms with Crippen LogP contribution in [0, 0.1) is 0 Å². The number of aromatic nitrogens is 3. The number of aliphatic hydroxyl groups excluding tert-OH is 1. The number of alkyl halides is 2. The van der Waals surface area contributed by atoms with E-state index in [-0.39, 0.29) is 18.2 Å². The highest BCUT2D eigenvalue weighted by atomic mass is 19.3. The van der Waals surface area contributed by atoms with Gasteiger partial charge in [-0.15, -0.1) is 0 Å². The average Bonchev–Trinajstić information content (AvgIpc) is 2.72. The molecule has 0 aliphatic carbocycles. The number of rotatable bonds is 4. The standard InChI is InChI=1S/C9H11F2N5O/c10-7(11)5(17)3-14-8-9-13-1-2-16(9)4-6(12)15-8/h1-2,4-5,7,17H,3,12H2,(H,14,15). The summed E-state index contributed by atoms with van der Waals surface area (Å²) in [5.41, 5.74) is 6.00. The van der Waals surface area contributed by atoms with E-state index in [1.807, 2.05) is 0 Å². The van der Waals surface area contributed by atoms with Crippen LogP contribution in [0.5, 0.6) is 0 Å². The lowest BCUT2D eigenvalue weighted by molar-refractivity contribution is 0.00382. The van der Waals surface area contributed by atoms with Crippen molar-refractivity contribution in [3.05, 3.63) is 18.6 Å². The predicted molar refractivity (Wildman–Crippen MR) is 57.9 cm³/mol. The first kappa shape index (κ1) is 11.5. The molecule has 0 saturated carbocycles. The van der Waals surface area contributed by atoms with Gasteiger partial charge < -0.3 is 20.6 Å². The van der Waals surface area contributed by atoms with Crippen LogP contribution in [0.2, 0.25) is 0 Å². The van der Waals surface area contributed by atoms with E-state index in [9.17, 15) is 8.78 Å². The molecule has 0 amide bonds. The molecule has 0 bridgehead atoms. The van der Waals surface area contributed by atoms with Gasteiger partial charge in [-0.25, -0.2) is 18.7 Å². The molecular weight excluding hydrogens is 232 g/mol. The first-order valence-electron chi connectivity index (χ1n) is 4.87. The van der Waals surface area contributed by atoms with Crippen LogP contribution in [0.1, 0.15) is 0 Å². The SMILES string of the molecule is Nc1cn2ccnc2c(NCC(O)C(F)F)n1. The van der Waals surface area contributed by atoms with Gasteiger partial charge in [-0.3, -0.25) is 0 Å². The van der Waals surface area contributed by atoms with Crippen molar-refractivity contribution < 1.29 is 13.9 Å². The number of aliphatic hydroxyl groups is 1. The van der Waals surface area contributed by atoms with Crippen molar-refractivity contribution in [2.75, 3.05) is 17.6 Å². The molecule has 2 aromatic heterocycles. The molecular formula is C9H11F2N5O. The number of nitrogens with zero attached hydrogens (tertiary/aromatic N) is 3. The molecule has 2 aromatic rings. The Morgan fingerprint density at radius 1 is 1.53 bits per heavy atom. The molecule has 0 aliphatic rings. The van der Waals surface area contributed by atoms with Gasteiger partial charge in [-0.2, -0.15) is 0 Å². The van der Waals surface area contributed by atoms with Crippen molar-refractivity contribution >= 4 is 17.3 Å². The topological polar surface area (TPSA) is 88.5 Å². The van der Waals surface area contributed by atoms with Gasteiger partial charge in [0.2, 0.25) is 0 Å². The summed E-state index contributed by atoms with van der Waals surface area (Å²) >= 11 is 0. The fourth-order valence-corrected chi connectivity index (χ4v) is 1.36. The summed E-state index contributed by atoms with van der Waals surface area (Å²) in [5.74, 6) is 0.485. The van der Waals surface area contributed by atoms with E-state index in [1.165, 1.54) is 6.20 Å². The number of nitrogens with one attached hydrogen (secondary N) is 1. The number of hydrogen-bond donors (Lipinski definition) is 3. The molecule has 0 fully saturated rings. The van der Waals surface area contributed by atoms with Gasteiger partial charge >= 0.3 is 0 Å². The molecule has 0 spiro atoms. The van der Waals surface area contributed by atoms with Crippen LogP contribution < -0.4 is 11.1 Å². The summed E-state index contributed by atoms with van der Waals surface area (Å²) in [6.45, 7) is -0.323. The van der Waals surface area contributed by atoms with Crippen molar-refractivity contribution in [1.29, 1.82) is 0 Å². The maximum absolute atomic E-state index is 12.1. The highest BCUT2D eigenvalue weighted by Gasteiger charge is 2.17. The molecule has 0 aliphatic heterocycles. The minimum absolute atomic E-state index is 0.226. The molecule has 0 radical (unpaired) electrons. The largest absolute Gasteiger partial charge is 0.385 e. The maximum Gasteiger partial charge on any atom is 0.265 e. The predicted octanol–water partition coefficient (Wildman–Crippen LogP) is 0.349. The second-order valence-corrected chi connectivity index (χ2v) is 3.46. The molecule has 2 rings (SSSR count). The van der Waals surface area contributed by atoms with Gasteiger partial charge in [-0.05, 0) is 0 Å². The number of imidazole rings is 1. The Bertz CT molecular complexity index is 515. The molecule has 6 nitrogen and oxygen atoms in total. The van der Waals surface area contributed by atoms with Crippen LogP contribution in [0.25, 0.3) is 5.65 Å². The summed E-state index contributed by atoms with van der Waals surface area (Å²) < 4.78 is 25.8. The van der Waals surface area contributed by atoms with Gasteiger partial charge in [0.1, 0.15) is 11.9 Å². The number of fused-ring (bicyclic) bond motifs is 1. The summed E-state index contributed by atoms with van der Waals surface area (Å²) in [7, 11) is 0. The van der Waals surface area contributed by atoms with Gasteiger partial charge in [0.05, 0.1) is 6.20 Å². The van der Waals surface area contributed by atoms with Crippen LogP contribution in [0.4, 0.5) is 20.4 Å². The van der Waals surface area contributed by atoms with E-state index < -0.39 is 12.5 Å². The Labute approximate surface area is 95.1 Å². The lowest BCUT2D eigenvalue weighted by Crippen LogP contribution is -2.27. The minimum atomic E-state index is -2.81. The van der Waals surface area contributed by atoms with Crippen LogP contribution in [-0.2, 0) is 0 Å². The van der Waals surface area contributed by atoms with Crippen molar-refractivity contribution in [3.63, 3.8) is 0 Å². The highest BCUT2D eigenvalue weighted by Crippen LogP contribution is 2.14. The van der Waals surface area contributed by atoms with E-state index in [4.69, 9.17) is 10.8 Å². The van der Waals surface area contributed by atoms with Crippen LogP contribution in [-0.4, -0.2) is 38.5 Å². The van der Waals surface area contributed by atoms with Crippen molar-refractivity contribution in [3.8, 4) is 0 Å². The van der Waals surface area contributed by atoms with Gasteiger partial charge in [-0.1, -0.05) is 0 Å². The summed E-state index contributed by atoms with van der Waals surface area (Å²) in [6.07, 6.45) is 0.178. The van der Waals surface area contributed by atoms with Crippen molar-refractivity contribution in [2.45, 2.75) is 12.5 Å². The fraction of sp³-hybridized carbons (Fsp3) is 0.333. The average molecular weight is 243 g/mol. The smallest absolute Gasteiger partial charge is 0.265 e. The second-order valence-electron chi connectivity index (χ2n) is 3.46. The lowest BCUT2D eigenvalue weighted by Gasteiger charge is -2.12. The van der Waals surface area contributed by atoms with Gasteiger partial charge in [0, 0.05) is 18.9 Å². The molecule has 1 unspecified atom stereocenters. The van der Waals surface area contributed by atoms with E-state index in [1.54, 1.807) is 16.8 Å². The first-order valence-corrected chi connectivity index (χ1v) is 4.87. The minimum Gasteiger partial charge on any atom is -0.385 e. The zero-order chi connectivity index (χ0) is 12.4. The third kappa shape index (κ3) is 2.41. The molecule has 2 heterocycles. The molecule has 8 heteroatoms. The number of nitrogens with two attached hydrogens (primary N) is 1. The zero-order valence-electron chi connectivity index (χ0n) is 8.72. The Morgan fingerprint density at radius 3 is 3.00 bits per heavy atom. The van der Waals surface area contributed by atoms with E-state index in [2.05, 4.69) is 15.3 Å². The Hall–Kier alpha value is -1.96. The number of nitrogen functional groups attached to an aromatic ring is 1. The maximum atomic E-state index is 12.1. The van der Waals surface area contributed by atoms with Crippen molar-refractivity contribution in [2.24, 2.45) is 0 Å². The third-order valence-electron chi connectivity index (χ3n) is 2.16. The number of halogens is 2. The van der Waals surface area contributed by atoms with Crippen molar-refractivity contribution in [1.82, 2.24) is 14.4 Å². The van der Waals surface area contributed by atoms with E-state index in [0.717, 1.165) is 0 Å². The lowest BCUT2D eigenvalue weighted by atomic mass is 10.3. The molecule has 92 valence electrons. The van der Waals surface area contributed by atoms with Crippen LogP contribution in [0.3, 0.4) is 0 Å². The summed E-state index contributed by atoms with van der Waals surface area (Å²) in [6, 6.07) is 0. The Balaban J connectivity index is 2.20. The zero-order valence-corrected chi connectivity index (χ0v) is 8.72. The summed E-state index contributed by atoms with van der Waals surface area (Å²) in [4.78, 5) is 7.93. The molecule has 1 atom stereocenters. The number of hydrogen-bond acceptors (Lipinski definition) is 5. The molecule has 4 N–H and O–H groups in total. The highest BCUT2D eigenvalue weighted by molar-refractivity contribution is 5.64. The first-order chi connectivity index (χ1) is 8.08. The number of anilines is 2. The quantitative estimate of drug-likeness (QED) is 0.721. The Morgan fingerprint density at radius 2 is 2.29 bits per heavy atom. The monoisotopic (exact) mass is 243 g/mol. The Kier molecular flexibility index (Phi) is 3.05. The second kappa shape index (κ2) is 4.50.